The second-order valence-corrected chi connectivity index (χ2v) is 4.57. The van der Waals surface area contributed by atoms with Crippen LogP contribution in [-0.2, 0) is 5.54 Å². The molecule has 0 saturated carbocycles. The van der Waals surface area contributed by atoms with Gasteiger partial charge in [0, 0.05) is 0 Å². The summed E-state index contributed by atoms with van der Waals surface area (Å²) in [7, 11) is 0. The molecule has 0 amide bonds. The molecule has 2 rings (SSSR count). The second-order valence-electron chi connectivity index (χ2n) is 3.62. The molecule has 0 spiro atoms. The SMILES string of the molecule is CC(C)(N)c1noc(-c2cccs2)n1. The minimum atomic E-state index is -0.557. The molecule has 74 valence electrons. The lowest BCUT2D eigenvalue weighted by Crippen LogP contribution is -2.30. The molecular weight excluding hydrogens is 198 g/mol. The molecule has 0 saturated heterocycles. The highest BCUT2D eigenvalue weighted by Crippen LogP contribution is 2.24. The Bertz CT molecular complexity index is 413. The molecule has 0 atom stereocenters. The van der Waals surface area contributed by atoms with Gasteiger partial charge in [-0.25, -0.2) is 0 Å². The zero-order chi connectivity index (χ0) is 10.2. The fourth-order valence-corrected chi connectivity index (χ4v) is 1.63. The van der Waals surface area contributed by atoms with Crippen LogP contribution in [0.5, 0.6) is 0 Å². The normalized spacial score (nSPS) is 11.9. The maximum Gasteiger partial charge on any atom is 0.268 e. The maximum atomic E-state index is 5.84. The lowest BCUT2D eigenvalue weighted by Gasteiger charge is -2.11. The highest BCUT2D eigenvalue weighted by Gasteiger charge is 2.22. The summed E-state index contributed by atoms with van der Waals surface area (Å²) in [5, 5.41) is 5.80. The van der Waals surface area contributed by atoms with Crippen molar-refractivity contribution < 1.29 is 4.52 Å². The van der Waals surface area contributed by atoms with Gasteiger partial charge < -0.3 is 10.3 Å². The molecule has 2 heterocycles. The Balaban J connectivity index is 2.36. The third-order valence-electron chi connectivity index (χ3n) is 1.73. The van der Waals surface area contributed by atoms with Gasteiger partial charge in [-0.05, 0) is 25.3 Å². The van der Waals surface area contributed by atoms with Crippen LogP contribution < -0.4 is 5.73 Å². The zero-order valence-electron chi connectivity index (χ0n) is 8.02. The summed E-state index contributed by atoms with van der Waals surface area (Å²) in [5.41, 5.74) is 5.29. The van der Waals surface area contributed by atoms with E-state index in [1.807, 2.05) is 31.4 Å². The first-order valence-electron chi connectivity index (χ1n) is 4.24. The van der Waals surface area contributed by atoms with Crippen molar-refractivity contribution in [3.63, 3.8) is 0 Å². The highest BCUT2D eigenvalue weighted by atomic mass is 32.1. The molecule has 2 N–H and O–H groups in total. The number of nitrogens with zero attached hydrogens (tertiary/aromatic N) is 2. The van der Waals surface area contributed by atoms with E-state index in [1.54, 1.807) is 11.3 Å². The third kappa shape index (κ3) is 1.69. The first-order chi connectivity index (χ1) is 6.57. The van der Waals surface area contributed by atoms with Crippen molar-refractivity contribution in [2.45, 2.75) is 19.4 Å². The first kappa shape index (κ1) is 9.36. The number of hydrogen-bond donors (Lipinski definition) is 1. The molecule has 14 heavy (non-hydrogen) atoms. The number of nitrogens with two attached hydrogens (primary N) is 1. The van der Waals surface area contributed by atoms with Gasteiger partial charge in [-0.3, -0.25) is 0 Å². The van der Waals surface area contributed by atoms with E-state index in [1.165, 1.54) is 0 Å². The van der Waals surface area contributed by atoms with Crippen molar-refractivity contribution in [3.05, 3.63) is 23.3 Å². The summed E-state index contributed by atoms with van der Waals surface area (Å²) in [6, 6.07) is 3.88. The van der Waals surface area contributed by atoms with Gasteiger partial charge in [0.05, 0.1) is 10.4 Å². The summed E-state index contributed by atoms with van der Waals surface area (Å²) in [6.45, 7) is 3.69. The Morgan fingerprint density at radius 3 is 2.79 bits per heavy atom. The topological polar surface area (TPSA) is 64.9 Å². The predicted octanol–water partition coefficient (Wildman–Crippen LogP) is 1.99. The van der Waals surface area contributed by atoms with Crippen molar-refractivity contribution in [2.24, 2.45) is 5.73 Å². The fraction of sp³-hybridized carbons (Fsp3) is 0.333. The predicted molar refractivity (Wildman–Crippen MR) is 54.8 cm³/mol. The van der Waals surface area contributed by atoms with Crippen LogP contribution in [0.4, 0.5) is 0 Å². The molecule has 0 unspecified atom stereocenters. The van der Waals surface area contributed by atoms with E-state index in [0.717, 1.165) is 4.88 Å². The van der Waals surface area contributed by atoms with E-state index >= 15 is 0 Å². The van der Waals surface area contributed by atoms with Gasteiger partial charge in [0.25, 0.3) is 5.89 Å². The van der Waals surface area contributed by atoms with E-state index < -0.39 is 5.54 Å². The highest BCUT2D eigenvalue weighted by molar-refractivity contribution is 7.13. The van der Waals surface area contributed by atoms with Crippen molar-refractivity contribution in [3.8, 4) is 10.8 Å². The average Bonchev–Trinajstić information content (AvgIpc) is 2.73. The Morgan fingerprint density at radius 2 is 2.29 bits per heavy atom. The summed E-state index contributed by atoms with van der Waals surface area (Å²) in [5.74, 6) is 1.06. The molecule has 0 radical (unpaired) electrons. The molecule has 0 aliphatic rings. The molecule has 0 bridgehead atoms. The van der Waals surface area contributed by atoms with Gasteiger partial charge in [0.15, 0.2) is 5.82 Å². The molecule has 5 heteroatoms. The van der Waals surface area contributed by atoms with Gasteiger partial charge in [0.2, 0.25) is 0 Å². The minimum absolute atomic E-state index is 0.529. The summed E-state index contributed by atoms with van der Waals surface area (Å²) in [4.78, 5) is 5.20. The Morgan fingerprint density at radius 1 is 1.50 bits per heavy atom. The van der Waals surface area contributed by atoms with E-state index in [4.69, 9.17) is 10.3 Å². The molecule has 2 aromatic rings. The number of aromatic nitrogens is 2. The summed E-state index contributed by atoms with van der Waals surface area (Å²) < 4.78 is 5.10. The van der Waals surface area contributed by atoms with Gasteiger partial charge in [-0.15, -0.1) is 11.3 Å². The third-order valence-corrected chi connectivity index (χ3v) is 2.59. The molecule has 4 nitrogen and oxygen atoms in total. The number of hydrogen-bond acceptors (Lipinski definition) is 5. The van der Waals surface area contributed by atoms with Gasteiger partial charge in [0.1, 0.15) is 0 Å². The zero-order valence-corrected chi connectivity index (χ0v) is 8.84. The molecule has 2 aromatic heterocycles. The standard InChI is InChI=1S/C9H11N3OS/c1-9(2,10)8-11-7(13-12-8)6-4-3-5-14-6/h3-5H,10H2,1-2H3. The smallest absolute Gasteiger partial charge is 0.268 e. The van der Waals surface area contributed by atoms with Crippen LogP contribution in [0.3, 0.4) is 0 Å². The van der Waals surface area contributed by atoms with Crippen LogP contribution in [0, 0.1) is 0 Å². The Labute approximate surface area is 85.7 Å². The van der Waals surface area contributed by atoms with Crippen molar-refractivity contribution in [2.75, 3.05) is 0 Å². The van der Waals surface area contributed by atoms with Gasteiger partial charge in [-0.2, -0.15) is 4.98 Å². The van der Waals surface area contributed by atoms with Crippen LogP contribution in [0.15, 0.2) is 22.0 Å². The fourth-order valence-electron chi connectivity index (χ4n) is 0.986. The summed E-state index contributed by atoms with van der Waals surface area (Å²) in [6.07, 6.45) is 0. The van der Waals surface area contributed by atoms with Crippen molar-refractivity contribution in [1.29, 1.82) is 0 Å². The van der Waals surface area contributed by atoms with Gasteiger partial charge >= 0.3 is 0 Å². The van der Waals surface area contributed by atoms with Crippen LogP contribution in [-0.4, -0.2) is 10.1 Å². The van der Waals surface area contributed by atoms with Crippen LogP contribution in [0.2, 0.25) is 0 Å². The Kier molecular flexibility index (Phi) is 2.13. The molecular formula is C9H11N3OS. The van der Waals surface area contributed by atoms with Crippen molar-refractivity contribution in [1.82, 2.24) is 10.1 Å². The Hall–Kier alpha value is -1.20. The molecule has 0 aliphatic heterocycles. The monoisotopic (exact) mass is 209 g/mol. The van der Waals surface area contributed by atoms with E-state index in [0.29, 0.717) is 11.7 Å². The molecule has 0 aromatic carbocycles. The van der Waals surface area contributed by atoms with E-state index in [-0.39, 0.29) is 0 Å². The first-order valence-corrected chi connectivity index (χ1v) is 5.12. The van der Waals surface area contributed by atoms with Gasteiger partial charge in [-0.1, -0.05) is 11.2 Å². The second kappa shape index (κ2) is 3.18. The minimum Gasteiger partial charge on any atom is -0.333 e. The molecule has 0 fully saturated rings. The van der Waals surface area contributed by atoms with Crippen LogP contribution in [0.25, 0.3) is 10.8 Å². The maximum absolute atomic E-state index is 5.84. The van der Waals surface area contributed by atoms with E-state index in [2.05, 4.69) is 10.1 Å². The van der Waals surface area contributed by atoms with E-state index in [9.17, 15) is 0 Å². The lowest BCUT2D eigenvalue weighted by atomic mass is 10.1. The number of thiophene rings is 1. The number of rotatable bonds is 2. The average molecular weight is 209 g/mol. The lowest BCUT2D eigenvalue weighted by molar-refractivity contribution is 0.397. The largest absolute Gasteiger partial charge is 0.333 e. The van der Waals surface area contributed by atoms with Crippen LogP contribution in [0.1, 0.15) is 19.7 Å². The van der Waals surface area contributed by atoms with Crippen molar-refractivity contribution >= 4 is 11.3 Å². The van der Waals surface area contributed by atoms with Crippen LogP contribution >= 0.6 is 11.3 Å². The molecule has 0 aliphatic carbocycles. The quantitative estimate of drug-likeness (QED) is 0.821. The summed E-state index contributed by atoms with van der Waals surface area (Å²) >= 11 is 1.56.